The summed E-state index contributed by atoms with van der Waals surface area (Å²) >= 11 is 6.31. The van der Waals surface area contributed by atoms with Crippen LogP contribution in [-0.2, 0) is 12.8 Å². The van der Waals surface area contributed by atoms with Crippen molar-refractivity contribution in [1.29, 1.82) is 0 Å². The molecule has 150 valence electrons. The van der Waals surface area contributed by atoms with Crippen LogP contribution in [0.4, 0.5) is 17.7 Å². The normalized spacial score (nSPS) is 10.7. The third-order valence-electron chi connectivity index (χ3n) is 4.81. The van der Waals surface area contributed by atoms with Gasteiger partial charge in [-0.05, 0) is 30.5 Å². The molecule has 0 aliphatic carbocycles. The average Bonchev–Trinajstić information content (AvgIpc) is 2.79. The average molecular weight is 417 g/mol. The number of benzene rings is 2. The van der Waals surface area contributed by atoms with Gasteiger partial charge in [0, 0.05) is 35.6 Å². The van der Waals surface area contributed by atoms with E-state index in [0.29, 0.717) is 18.2 Å². The second-order valence-electron chi connectivity index (χ2n) is 6.84. The summed E-state index contributed by atoms with van der Waals surface area (Å²) in [6, 6.07) is 19.7. The van der Waals surface area contributed by atoms with Gasteiger partial charge < -0.3 is 5.73 Å². The molecule has 7 heteroatoms. The van der Waals surface area contributed by atoms with Gasteiger partial charge in [-0.3, -0.25) is 4.90 Å². The lowest BCUT2D eigenvalue weighted by Gasteiger charge is -2.20. The summed E-state index contributed by atoms with van der Waals surface area (Å²) in [4.78, 5) is 19.6. The van der Waals surface area contributed by atoms with Crippen LogP contribution in [0.2, 0.25) is 5.02 Å². The van der Waals surface area contributed by atoms with Crippen molar-refractivity contribution in [2.75, 3.05) is 17.7 Å². The van der Waals surface area contributed by atoms with E-state index >= 15 is 0 Å². The lowest BCUT2D eigenvalue weighted by molar-refractivity contribution is 0.911. The van der Waals surface area contributed by atoms with Crippen LogP contribution in [0.5, 0.6) is 0 Å². The van der Waals surface area contributed by atoms with E-state index in [4.69, 9.17) is 22.3 Å². The molecule has 0 spiro atoms. The van der Waals surface area contributed by atoms with Gasteiger partial charge >= 0.3 is 0 Å². The van der Waals surface area contributed by atoms with Crippen LogP contribution in [0.25, 0.3) is 11.3 Å². The second kappa shape index (κ2) is 8.88. The number of rotatable bonds is 6. The molecule has 0 amide bonds. The standard InChI is InChI=1S/C23H21ClN6/c1-30(23-26-14-13-20(28-23)17-8-3-2-4-9-17)21-18(15-27-22(25)29-21)12-11-16-7-5-6-10-19(16)24/h2-10,13-15H,11-12H2,1H3,(H2,25,27,29). The van der Waals surface area contributed by atoms with Crippen LogP contribution in [0.15, 0.2) is 73.1 Å². The Morgan fingerprint density at radius 1 is 0.867 bits per heavy atom. The molecule has 0 bridgehead atoms. The quantitative estimate of drug-likeness (QED) is 0.489. The van der Waals surface area contributed by atoms with Gasteiger partial charge in [0.05, 0.1) is 5.69 Å². The van der Waals surface area contributed by atoms with E-state index in [0.717, 1.165) is 33.8 Å². The Morgan fingerprint density at radius 3 is 2.40 bits per heavy atom. The van der Waals surface area contributed by atoms with Crippen LogP contribution in [0.1, 0.15) is 11.1 Å². The van der Waals surface area contributed by atoms with Gasteiger partial charge in [-0.2, -0.15) is 4.98 Å². The first-order chi connectivity index (χ1) is 14.6. The minimum absolute atomic E-state index is 0.206. The molecule has 6 nitrogen and oxygen atoms in total. The highest BCUT2D eigenvalue weighted by Gasteiger charge is 2.16. The van der Waals surface area contributed by atoms with Crippen molar-refractivity contribution < 1.29 is 0 Å². The van der Waals surface area contributed by atoms with E-state index in [1.54, 1.807) is 12.4 Å². The number of anilines is 3. The monoisotopic (exact) mass is 416 g/mol. The molecule has 0 saturated carbocycles. The van der Waals surface area contributed by atoms with Crippen LogP contribution >= 0.6 is 11.6 Å². The maximum Gasteiger partial charge on any atom is 0.231 e. The third kappa shape index (κ3) is 4.39. The SMILES string of the molecule is CN(c1nccc(-c2ccccc2)n1)c1nc(N)ncc1CCc1ccccc1Cl. The fourth-order valence-electron chi connectivity index (χ4n) is 3.22. The molecule has 0 radical (unpaired) electrons. The Bertz CT molecular complexity index is 1150. The summed E-state index contributed by atoms with van der Waals surface area (Å²) in [6.07, 6.45) is 4.97. The highest BCUT2D eigenvalue weighted by atomic mass is 35.5. The van der Waals surface area contributed by atoms with Gasteiger partial charge in [-0.1, -0.05) is 60.1 Å². The van der Waals surface area contributed by atoms with Crippen LogP contribution < -0.4 is 10.6 Å². The van der Waals surface area contributed by atoms with Crippen molar-refractivity contribution >= 4 is 29.3 Å². The van der Waals surface area contributed by atoms with Gasteiger partial charge in [-0.15, -0.1) is 0 Å². The topological polar surface area (TPSA) is 80.8 Å². The minimum Gasteiger partial charge on any atom is -0.368 e. The fourth-order valence-corrected chi connectivity index (χ4v) is 3.45. The summed E-state index contributed by atoms with van der Waals surface area (Å²) < 4.78 is 0. The maximum atomic E-state index is 6.31. The van der Waals surface area contributed by atoms with Gasteiger partial charge in [0.15, 0.2) is 0 Å². The van der Waals surface area contributed by atoms with Crippen molar-refractivity contribution in [2.24, 2.45) is 0 Å². The molecule has 4 rings (SSSR count). The molecule has 2 heterocycles. The molecule has 4 aromatic rings. The number of aryl methyl sites for hydroxylation is 2. The molecule has 2 aromatic heterocycles. The first kappa shape index (κ1) is 19.8. The molecule has 0 unspecified atom stereocenters. The Labute approximate surface area is 180 Å². The van der Waals surface area contributed by atoms with Crippen LogP contribution in [0, 0.1) is 0 Å². The van der Waals surface area contributed by atoms with Crippen molar-refractivity contribution in [3.05, 3.63) is 89.2 Å². The lowest BCUT2D eigenvalue weighted by Crippen LogP contribution is -2.18. The molecule has 2 aromatic carbocycles. The molecule has 0 aliphatic heterocycles. The maximum absolute atomic E-state index is 6.31. The van der Waals surface area contributed by atoms with Crippen molar-refractivity contribution in [3.63, 3.8) is 0 Å². The van der Waals surface area contributed by atoms with E-state index in [1.807, 2.05) is 72.6 Å². The number of halogens is 1. The molecule has 30 heavy (non-hydrogen) atoms. The largest absolute Gasteiger partial charge is 0.368 e. The van der Waals surface area contributed by atoms with E-state index in [1.165, 1.54) is 0 Å². The summed E-state index contributed by atoms with van der Waals surface area (Å²) in [5.74, 6) is 1.42. The van der Waals surface area contributed by atoms with Crippen LogP contribution in [0.3, 0.4) is 0 Å². The summed E-state index contributed by atoms with van der Waals surface area (Å²) in [5.41, 5.74) is 9.77. The zero-order chi connectivity index (χ0) is 20.9. The predicted octanol–water partition coefficient (Wildman–Crippen LogP) is 4.72. The van der Waals surface area contributed by atoms with Crippen molar-refractivity contribution in [2.45, 2.75) is 12.8 Å². The molecule has 2 N–H and O–H groups in total. The number of aromatic nitrogens is 4. The first-order valence-electron chi connectivity index (χ1n) is 9.59. The summed E-state index contributed by atoms with van der Waals surface area (Å²) in [5, 5.41) is 0.752. The van der Waals surface area contributed by atoms with E-state index in [-0.39, 0.29) is 5.95 Å². The first-order valence-corrected chi connectivity index (χ1v) is 9.96. The number of nitrogen functional groups attached to an aromatic ring is 1. The van der Waals surface area contributed by atoms with E-state index in [9.17, 15) is 0 Å². The van der Waals surface area contributed by atoms with Gasteiger partial charge in [0.1, 0.15) is 5.82 Å². The van der Waals surface area contributed by atoms with Crippen molar-refractivity contribution in [1.82, 2.24) is 19.9 Å². The Morgan fingerprint density at radius 2 is 1.60 bits per heavy atom. The van der Waals surface area contributed by atoms with Gasteiger partial charge in [-0.25, -0.2) is 15.0 Å². The van der Waals surface area contributed by atoms with Crippen molar-refractivity contribution in [3.8, 4) is 11.3 Å². The number of nitrogens with two attached hydrogens (primary N) is 1. The number of nitrogens with zero attached hydrogens (tertiary/aromatic N) is 5. The summed E-state index contributed by atoms with van der Waals surface area (Å²) in [7, 11) is 1.88. The minimum atomic E-state index is 0.206. The molecule has 0 atom stereocenters. The van der Waals surface area contributed by atoms with E-state index < -0.39 is 0 Å². The zero-order valence-electron chi connectivity index (χ0n) is 16.5. The number of hydrogen-bond donors (Lipinski definition) is 1. The molecular formula is C23H21ClN6. The lowest BCUT2D eigenvalue weighted by atomic mass is 10.1. The highest BCUT2D eigenvalue weighted by molar-refractivity contribution is 6.31. The molecular weight excluding hydrogens is 396 g/mol. The number of hydrogen-bond acceptors (Lipinski definition) is 6. The van der Waals surface area contributed by atoms with Gasteiger partial charge in [0.2, 0.25) is 11.9 Å². The Hall–Kier alpha value is -3.51. The molecule has 0 aliphatic rings. The predicted molar refractivity (Wildman–Crippen MR) is 121 cm³/mol. The third-order valence-corrected chi connectivity index (χ3v) is 5.18. The fraction of sp³-hybridized carbons (Fsp3) is 0.130. The Kier molecular flexibility index (Phi) is 5.86. The van der Waals surface area contributed by atoms with Gasteiger partial charge in [0.25, 0.3) is 0 Å². The highest BCUT2D eigenvalue weighted by Crippen LogP contribution is 2.26. The summed E-state index contributed by atoms with van der Waals surface area (Å²) in [6.45, 7) is 0. The second-order valence-corrected chi connectivity index (χ2v) is 7.24. The molecule has 0 fully saturated rings. The van der Waals surface area contributed by atoms with E-state index in [2.05, 4.69) is 15.0 Å². The van der Waals surface area contributed by atoms with Crippen LogP contribution in [-0.4, -0.2) is 27.0 Å². The smallest absolute Gasteiger partial charge is 0.231 e. The zero-order valence-corrected chi connectivity index (χ0v) is 17.3. The Balaban J connectivity index is 1.63. The molecule has 0 saturated heterocycles.